The topological polar surface area (TPSA) is 0 Å². The maximum absolute atomic E-state index is 2.20. The van der Waals surface area contributed by atoms with E-state index in [9.17, 15) is 0 Å². The summed E-state index contributed by atoms with van der Waals surface area (Å²) in [7, 11) is 0. The maximum atomic E-state index is 2.20. The summed E-state index contributed by atoms with van der Waals surface area (Å²) in [5.74, 6) is 0. The van der Waals surface area contributed by atoms with Crippen LogP contribution >= 0.6 is 0 Å². The number of rotatable bonds is 0. The van der Waals surface area contributed by atoms with E-state index in [4.69, 9.17) is 0 Å². The summed E-state index contributed by atoms with van der Waals surface area (Å²) in [5.41, 5.74) is 4.11. The largest absolute Gasteiger partial charge is 1.00 e. The number of benzene rings is 1. The first-order chi connectivity index (χ1) is 4.20. The van der Waals surface area contributed by atoms with Gasteiger partial charge in [0.15, 0.2) is 0 Å². The van der Waals surface area contributed by atoms with Gasteiger partial charge in [0.05, 0.1) is 0 Å². The van der Waals surface area contributed by atoms with Gasteiger partial charge in [-0.1, -0.05) is 23.8 Å². The van der Waals surface area contributed by atoms with E-state index in [1.807, 2.05) is 0 Å². The van der Waals surface area contributed by atoms with Crippen LogP contribution < -0.4 is 18.9 Å². The van der Waals surface area contributed by atoms with Crippen molar-refractivity contribution < 1.29 is 18.9 Å². The first kappa shape index (κ1) is 13.4. The summed E-state index contributed by atoms with van der Waals surface area (Å²) in [6.45, 7) is 6.39. The minimum Gasteiger partial charge on any atom is -0.358 e. The molecular weight excluding hydrogens is 127 g/mol. The van der Waals surface area contributed by atoms with Crippen LogP contribution in [0.5, 0.6) is 0 Å². The van der Waals surface area contributed by atoms with Crippen molar-refractivity contribution in [3.05, 3.63) is 42.3 Å². The van der Waals surface area contributed by atoms with Gasteiger partial charge in [-0.2, -0.15) is 0 Å². The predicted octanol–water partition coefficient (Wildman–Crippen LogP) is 0.0662. The van der Waals surface area contributed by atoms with Gasteiger partial charge in [-0.3, -0.25) is 0 Å². The predicted molar refractivity (Wildman–Crippen MR) is 47.1 cm³/mol. The summed E-state index contributed by atoms with van der Waals surface area (Å²) < 4.78 is 0. The van der Waals surface area contributed by atoms with E-state index >= 15 is 0 Å². The van der Waals surface area contributed by atoms with E-state index in [1.54, 1.807) is 0 Å². The van der Waals surface area contributed by atoms with Crippen molar-refractivity contribution in [1.82, 2.24) is 0 Å². The molecule has 0 fully saturated rings. The van der Waals surface area contributed by atoms with E-state index in [1.165, 1.54) is 16.7 Å². The van der Waals surface area contributed by atoms with Crippen LogP contribution in [-0.2, 0) is 0 Å². The second-order valence-corrected chi connectivity index (χ2v) is 2.59. The van der Waals surface area contributed by atoms with Gasteiger partial charge in [0, 0.05) is 0 Å². The Morgan fingerprint density at radius 1 is 0.909 bits per heavy atom. The summed E-state index contributed by atoms with van der Waals surface area (Å²) in [6, 6.07) is 6.50. The monoisotopic (exact) mass is 142 g/mol. The zero-order valence-corrected chi connectivity index (χ0v) is 8.23. The molecule has 0 heterocycles. The van der Waals surface area contributed by atoms with Gasteiger partial charge in [0.25, 0.3) is 0 Å². The molecular formula is C10H15Li. The molecule has 1 aromatic rings. The normalized spacial score (nSPS) is 7.91. The minimum atomic E-state index is 0. The van der Waals surface area contributed by atoms with Gasteiger partial charge < -0.3 is 7.43 Å². The fraction of sp³-hybridized carbons (Fsp3) is 0.300. The third kappa shape index (κ3) is 3.65. The first-order valence-corrected chi connectivity index (χ1v) is 3.24. The van der Waals surface area contributed by atoms with Crippen LogP contribution in [0, 0.1) is 28.2 Å². The molecule has 0 spiro atoms. The molecule has 0 bridgehead atoms. The summed E-state index contributed by atoms with van der Waals surface area (Å²) in [4.78, 5) is 0. The Balaban J connectivity index is 0. The molecule has 11 heavy (non-hydrogen) atoms. The van der Waals surface area contributed by atoms with Crippen LogP contribution in [0.2, 0.25) is 0 Å². The van der Waals surface area contributed by atoms with Crippen molar-refractivity contribution >= 4 is 0 Å². The SMILES string of the molecule is Cc1ccc(C)c(C)c1.[CH3-].[Li+]. The van der Waals surface area contributed by atoms with E-state index in [2.05, 4.69) is 39.0 Å². The second kappa shape index (κ2) is 5.47. The molecule has 0 N–H and O–H groups in total. The zero-order valence-electron chi connectivity index (χ0n) is 8.23. The molecule has 0 aliphatic heterocycles. The molecule has 1 rings (SSSR count). The fourth-order valence-corrected chi connectivity index (χ4v) is 0.891. The molecule has 0 unspecified atom stereocenters. The average Bonchev–Trinajstić information content (AvgIpc) is 1.80. The molecule has 0 atom stereocenters. The number of hydrogen-bond acceptors (Lipinski definition) is 0. The Morgan fingerprint density at radius 2 is 1.45 bits per heavy atom. The van der Waals surface area contributed by atoms with E-state index < -0.39 is 0 Å². The molecule has 0 aromatic heterocycles. The van der Waals surface area contributed by atoms with E-state index in [0.717, 1.165) is 0 Å². The van der Waals surface area contributed by atoms with Gasteiger partial charge in [-0.15, -0.1) is 0 Å². The maximum Gasteiger partial charge on any atom is 1.00 e. The van der Waals surface area contributed by atoms with Crippen LogP contribution in [0.3, 0.4) is 0 Å². The van der Waals surface area contributed by atoms with Gasteiger partial charge in [0.1, 0.15) is 0 Å². The van der Waals surface area contributed by atoms with Crippen molar-refractivity contribution in [2.45, 2.75) is 20.8 Å². The Kier molecular flexibility index (Phi) is 6.66. The van der Waals surface area contributed by atoms with Crippen molar-refractivity contribution in [3.63, 3.8) is 0 Å². The average molecular weight is 142 g/mol. The van der Waals surface area contributed by atoms with Gasteiger partial charge in [-0.05, 0) is 31.9 Å². The summed E-state index contributed by atoms with van der Waals surface area (Å²) >= 11 is 0. The van der Waals surface area contributed by atoms with Crippen molar-refractivity contribution in [1.29, 1.82) is 0 Å². The molecule has 1 aromatic carbocycles. The standard InChI is InChI=1S/C9H12.CH3.Li/c1-7-4-5-8(2)9(3)6-7;;/h4-6H,1-3H3;1H3;/q;-1;+1. The van der Waals surface area contributed by atoms with Crippen LogP contribution in [-0.4, -0.2) is 0 Å². The molecule has 0 amide bonds. The second-order valence-electron chi connectivity index (χ2n) is 2.59. The van der Waals surface area contributed by atoms with Crippen LogP contribution in [0.4, 0.5) is 0 Å². The molecule has 1 heteroatoms. The van der Waals surface area contributed by atoms with Crippen molar-refractivity contribution in [2.75, 3.05) is 0 Å². The Labute approximate surface area is 82.2 Å². The van der Waals surface area contributed by atoms with Crippen molar-refractivity contribution in [3.8, 4) is 0 Å². The summed E-state index contributed by atoms with van der Waals surface area (Å²) in [5, 5.41) is 0. The third-order valence-corrected chi connectivity index (χ3v) is 1.66. The van der Waals surface area contributed by atoms with E-state index in [0.29, 0.717) is 0 Å². The summed E-state index contributed by atoms with van der Waals surface area (Å²) in [6.07, 6.45) is 0. The molecule has 56 valence electrons. The van der Waals surface area contributed by atoms with Crippen LogP contribution in [0.1, 0.15) is 16.7 Å². The third-order valence-electron chi connectivity index (χ3n) is 1.66. The van der Waals surface area contributed by atoms with Crippen LogP contribution in [0.25, 0.3) is 0 Å². The first-order valence-electron chi connectivity index (χ1n) is 3.24. The zero-order chi connectivity index (χ0) is 6.85. The van der Waals surface area contributed by atoms with E-state index in [-0.39, 0.29) is 26.3 Å². The Morgan fingerprint density at radius 3 is 1.82 bits per heavy atom. The molecule has 0 saturated heterocycles. The van der Waals surface area contributed by atoms with Gasteiger partial charge in [0.2, 0.25) is 0 Å². The van der Waals surface area contributed by atoms with Crippen molar-refractivity contribution in [2.24, 2.45) is 0 Å². The molecule has 0 nitrogen and oxygen atoms in total. The smallest absolute Gasteiger partial charge is 0.358 e. The molecule has 0 aliphatic rings. The Bertz CT molecular complexity index is 216. The molecule has 0 saturated carbocycles. The Hall–Kier alpha value is -0.183. The fourth-order valence-electron chi connectivity index (χ4n) is 0.891. The molecule has 0 radical (unpaired) electrons. The van der Waals surface area contributed by atoms with Crippen LogP contribution in [0.15, 0.2) is 18.2 Å². The number of aryl methyl sites for hydroxylation is 3. The number of hydrogen-bond donors (Lipinski definition) is 0. The molecule has 0 aliphatic carbocycles. The van der Waals surface area contributed by atoms with Gasteiger partial charge >= 0.3 is 18.9 Å². The van der Waals surface area contributed by atoms with Gasteiger partial charge in [-0.25, -0.2) is 0 Å². The minimum absolute atomic E-state index is 0. The quantitative estimate of drug-likeness (QED) is 0.355.